The van der Waals surface area contributed by atoms with Gasteiger partial charge in [-0.3, -0.25) is 4.79 Å². The van der Waals surface area contributed by atoms with Crippen molar-refractivity contribution >= 4 is 22.5 Å². The zero-order valence-electron chi connectivity index (χ0n) is 11.2. The number of hydrogen-bond acceptors (Lipinski definition) is 2. The molecule has 0 spiro atoms. The van der Waals surface area contributed by atoms with E-state index in [4.69, 9.17) is 5.73 Å². The van der Waals surface area contributed by atoms with E-state index in [9.17, 15) is 9.18 Å². The molecule has 0 saturated carbocycles. The molecule has 21 heavy (non-hydrogen) atoms. The lowest BCUT2D eigenvalue weighted by atomic mass is 10.1. The molecule has 4 N–H and O–H groups in total. The van der Waals surface area contributed by atoms with Gasteiger partial charge in [0.2, 0.25) is 0 Å². The van der Waals surface area contributed by atoms with Crippen LogP contribution in [0, 0.1) is 5.82 Å². The van der Waals surface area contributed by atoms with Crippen LogP contribution in [0.4, 0.5) is 10.1 Å². The van der Waals surface area contributed by atoms with Crippen LogP contribution in [0.15, 0.2) is 48.7 Å². The maximum absolute atomic E-state index is 13.1. The van der Waals surface area contributed by atoms with Gasteiger partial charge in [-0.2, -0.15) is 0 Å². The maximum atomic E-state index is 13.1. The Bertz CT molecular complexity index is 810. The van der Waals surface area contributed by atoms with Crippen molar-refractivity contribution in [3.8, 4) is 0 Å². The summed E-state index contributed by atoms with van der Waals surface area (Å²) in [6, 6.07) is 11.5. The van der Waals surface area contributed by atoms with Crippen LogP contribution in [0.2, 0.25) is 0 Å². The zero-order valence-corrected chi connectivity index (χ0v) is 11.2. The predicted octanol–water partition coefficient (Wildman–Crippen LogP) is 2.82. The second-order valence-corrected chi connectivity index (χ2v) is 4.82. The third-order valence-electron chi connectivity index (χ3n) is 3.29. The van der Waals surface area contributed by atoms with Gasteiger partial charge < -0.3 is 16.0 Å². The van der Waals surface area contributed by atoms with Crippen LogP contribution in [0.5, 0.6) is 0 Å². The summed E-state index contributed by atoms with van der Waals surface area (Å²) in [7, 11) is 0. The summed E-state index contributed by atoms with van der Waals surface area (Å²) in [5.41, 5.74) is 8.43. The highest BCUT2D eigenvalue weighted by Crippen LogP contribution is 2.20. The summed E-state index contributed by atoms with van der Waals surface area (Å²) >= 11 is 0. The van der Waals surface area contributed by atoms with E-state index in [0.29, 0.717) is 16.8 Å². The molecule has 1 aromatic heterocycles. The van der Waals surface area contributed by atoms with E-state index in [0.717, 1.165) is 10.9 Å². The number of nitrogens with one attached hydrogen (secondary N) is 2. The van der Waals surface area contributed by atoms with Gasteiger partial charge in [0.25, 0.3) is 5.91 Å². The Morgan fingerprint density at radius 2 is 2.10 bits per heavy atom. The van der Waals surface area contributed by atoms with Crippen LogP contribution in [-0.4, -0.2) is 10.9 Å². The SMILES string of the molecule is Nc1ccc2[nH]cc(C(=O)NCc3cccc(F)c3)c2c1. The number of carbonyl (C=O) groups excluding carboxylic acids is 1. The van der Waals surface area contributed by atoms with Gasteiger partial charge >= 0.3 is 0 Å². The standard InChI is InChI=1S/C16H14FN3O/c17-11-3-1-2-10(6-11)8-20-16(21)14-9-19-15-5-4-12(18)7-13(14)15/h1-7,9,19H,8,18H2,(H,20,21). The highest BCUT2D eigenvalue weighted by Gasteiger charge is 2.12. The Hall–Kier alpha value is -2.82. The first kappa shape index (κ1) is 13.2. The number of anilines is 1. The molecule has 0 aliphatic rings. The number of fused-ring (bicyclic) bond motifs is 1. The lowest BCUT2D eigenvalue weighted by molar-refractivity contribution is 0.0952. The van der Waals surface area contributed by atoms with Crippen molar-refractivity contribution < 1.29 is 9.18 Å². The van der Waals surface area contributed by atoms with Gasteiger partial charge in [0.1, 0.15) is 5.82 Å². The molecule has 106 valence electrons. The molecule has 0 fully saturated rings. The number of aromatic nitrogens is 1. The molecule has 1 heterocycles. The van der Waals surface area contributed by atoms with Crippen molar-refractivity contribution in [2.24, 2.45) is 0 Å². The average molecular weight is 283 g/mol. The first-order valence-electron chi connectivity index (χ1n) is 6.53. The average Bonchev–Trinajstić information content (AvgIpc) is 2.88. The molecule has 0 aliphatic heterocycles. The van der Waals surface area contributed by atoms with Gasteiger partial charge in [0.05, 0.1) is 5.56 Å². The van der Waals surface area contributed by atoms with Crippen molar-refractivity contribution in [1.82, 2.24) is 10.3 Å². The van der Waals surface area contributed by atoms with Crippen molar-refractivity contribution in [2.45, 2.75) is 6.54 Å². The van der Waals surface area contributed by atoms with Gasteiger partial charge in [-0.25, -0.2) is 4.39 Å². The van der Waals surface area contributed by atoms with Gasteiger partial charge in [-0.1, -0.05) is 12.1 Å². The molecule has 4 nitrogen and oxygen atoms in total. The molecule has 0 atom stereocenters. The summed E-state index contributed by atoms with van der Waals surface area (Å²) in [6.45, 7) is 0.269. The highest BCUT2D eigenvalue weighted by molar-refractivity contribution is 6.07. The third kappa shape index (κ3) is 2.72. The molecule has 0 unspecified atom stereocenters. The fraction of sp³-hybridized carbons (Fsp3) is 0.0625. The highest BCUT2D eigenvalue weighted by atomic mass is 19.1. The van der Waals surface area contributed by atoms with Crippen molar-refractivity contribution in [1.29, 1.82) is 0 Å². The fourth-order valence-electron chi connectivity index (χ4n) is 2.25. The molecule has 0 saturated heterocycles. The molecule has 0 radical (unpaired) electrons. The number of benzene rings is 2. The van der Waals surface area contributed by atoms with Crippen LogP contribution < -0.4 is 11.1 Å². The number of aromatic amines is 1. The van der Waals surface area contributed by atoms with Crippen molar-refractivity contribution in [2.75, 3.05) is 5.73 Å². The van der Waals surface area contributed by atoms with Gasteiger partial charge in [-0.05, 0) is 35.9 Å². The summed E-state index contributed by atoms with van der Waals surface area (Å²) in [4.78, 5) is 15.3. The maximum Gasteiger partial charge on any atom is 0.253 e. The number of nitrogens with two attached hydrogens (primary N) is 1. The Morgan fingerprint density at radius 3 is 2.90 bits per heavy atom. The molecule has 0 bridgehead atoms. The second-order valence-electron chi connectivity index (χ2n) is 4.82. The normalized spacial score (nSPS) is 10.7. The summed E-state index contributed by atoms with van der Waals surface area (Å²) in [5, 5.41) is 3.54. The third-order valence-corrected chi connectivity index (χ3v) is 3.29. The number of rotatable bonds is 3. The van der Waals surface area contributed by atoms with E-state index in [1.807, 2.05) is 6.07 Å². The number of nitrogen functional groups attached to an aromatic ring is 1. The van der Waals surface area contributed by atoms with E-state index >= 15 is 0 Å². The molecule has 3 aromatic rings. The van der Waals surface area contributed by atoms with Crippen molar-refractivity contribution in [3.63, 3.8) is 0 Å². The predicted molar refractivity (Wildman–Crippen MR) is 80.3 cm³/mol. The molecular formula is C16H14FN3O. The topological polar surface area (TPSA) is 70.9 Å². The van der Waals surface area contributed by atoms with Gasteiger partial charge in [0.15, 0.2) is 0 Å². The van der Waals surface area contributed by atoms with Crippen LogP contribution in [0.25, 0.3) is 10.9 Å². The molecular weight excluding hydrogens is 269 g/mol. The summed E-state index contributed by atoms with van der Waals surface area (Å²) in [5.74, 6) is -0.544. The smallest absolute Gasteiger partial charge is 0.253 e. The van der Waals surface area contributed by atoms with Crippen LogP contribution in [0.1, 0.15) is 15.9 Å². The Balaban J connectivity index is 1.79. The first-order chi connectivity index (χ1) is 10.1. The Labute approximate surface area is 120 Å². The monoisotopic (exact) mass is 283 g/mol. The van der Waals surface area contributed by atoms with Crippen LogP contribution >= 0.6 is 0 Å². The van der Waals surface area contributed by atoms with E-state index in [2.05, 4.69) is 10.3 Å². The molecule has 5 heteroatoms. The van der Waals surface area contributed by atoms with E-state index < -0.39 is 0 Å². The van der Waals surface area contributed by atoms with E-state index in [1.165, 1.54) is 12.1 Å². The Kier molecular flexibility index (Phi) is 3.31. The first-order valence-corrected chi connectivity index (χ1v) is 6.53. The quantitative estimate of drug-likeness (QED) is 0.647. The molecule has 3 rings (SSSR count). The molecule has 1 amide bonds. The number of halogens is 1. The zero-order chi connectivity index (χ0) is 14.8. The minimum absolute atomic E-state index is 0.226. The minimum atomic E-state index is -0.318. The second kappa shape index (κ2) is 5.28. The molecule has 2 aromatic carbocycles. The molecule has 0 aliphatic carbocycles. The Morgan fingerprint density at radius 1 is 1.24 bits per heavy atom. The number of amides is 1. The summed E-state index contributed by atoms with van der Waals surface area (Å²) < 4.78 is 13.1. The van der Waals surface area contributed by atoms with Crippen molar-refractivity contribution in [3.05, 3.63) is 65.6 Å². The number of carbonyl (C=O) groups is 1. The van der Waals surface area contributed by atoms with E-state index in [1.54, 1.807) is 30.5 Å². The summed E-state index contributed by atoms with van der Waals surface area (Å²) in [6.07, 6.45) is 1.64. The minimum Gasteiger partial charge on any atom is -0.399 e. The van der Waals surface area contributed by atoms with Crippen LogP contribution in [-0.2, 0) is 6.54 Å². The number of H-pyrrole nitrogens is 1. The lowest BCUT2D eigenvalue weighted by Crippen LogP contribution is -2.22. The van der Waals surface area contributed by atoms with Gasteiger partial charge in [0, 0.05) is 29.3 Å². The number of hydrogen-bond donors (Lipinski definition) is 3. The largest absolute Gasteiger partial charge is 0.399 e. The van der Waals surface area contributed by atoms with Crippen LogP contribution in [0.3, 0.4) is 0 Å². The lowest BCUT2D eigenvalue weighted by Gasteiger charge is -2.05. The van der Waals surface area contributed by atoms with Gasteiger partial charge in [-0.15, -0.1) is 0 Å². The fourth-order valence-corrected chi connectivity index (χ4v) is 2.25. The van der Waals surface area contributed by atoms with E-state index in [-0.39, 0.29) is 18.3 Å².